The van der Waals surface area contributed by atoms with Crippen LogP contribution in [0.25, 0.3) is 0 Å². The molecule has 2 fully saturated rings. The standard InChI is InChI=1S/C13H26N2/c1-12-5-8-15(9-6-12)11-13-4-3-7-14(2)10-13/h12-13H,3-11H2,1-2H3/t13-/m1/s1. The molecule has 0 bridgehead atoms. The van der Waals surface area contributed by atoms with E-state index in [1.807, 2.05) is 0 Å². The van der Waals surface area contributed by atoms with Crippen molar-refractivity contribution in [3.05, 3.63) is 0 Å². The van der Waals surface area contributed by atoms with Crippen LogP contribution in [0.4, 0.5) is 0 Å². The highest BCUT2D eigenvalue weighted by Crippen LogP contribution is 2.20. The maximum atomic E-state index is 2.70. The van der Waals surface area contributed by atoms with Crippen LogP contribution in [0.15, 0.2) is 0 Å². The van der Waals surface area contributed by atoms with Gasteiger partial charge in [-0.1, -0.05) is 6.92 Å². The van der Waals surface area contributed by atoms with Gasteiger partial charge in [-0.05, 0) is 64.2 Å². The largest absolute Gasteiger partial charge is 0.306 e. The molecule has 2 heteroatoms. The first-order valence-electron chi connectivity index (χ1n) is 6.65. The fourth-order valence-corrected chi connectivity index (χ4v) is 3.03. The van der Waals surface area contributed by atoms with Crippen LogP contribution < -0.4 is 0 Å². The summed E-state index contributed by atoms with van der Waals surface area (Å²) in [6, 6.07) is 0. The number of hydrogen-bond donors (Lipinski definition) is 0. The molecule has 0 N–H and O–H groups in total. The van der Waals surface area contributed by atoms with Gasteiger partial charge in [0.25, 0.3) is 0 Å². The minimum Gasteiger partial charge on any atom is -0.306 e. The Hall–Kier alpha value is -0.0800. The van der Waals surface area contributed by atoms with Crippen LogP contribution in [-0.2, 0) is 0 Å². The Labute approximate surface area is 94.6 Å². The Morgan fingerprint density at radius 1 is 1.07 bits per heavy atom. The lowest BCUT2D eigenvalue weighted by Crippen LogP contribution is -2.42. The Morgan fingerprint density at radius 2 is 1.80 bits per heavy atom. The van der Waals surface area contributed by atoms with Gasteiger partial charge in [0.05, 0.1) is 0 Å². The highest BCUT2D eigenvalue weighted by molar-refractivity contribution is 4.76. The predicted octanol–water partition coefficient (Wildman–Crippen LogP) is 2.06. The smallest absolute Gasteiger partial charge is 0.00219 e. The molecule has 0 unspecified atom stereocenters. The van der Waals surface area contributed by atoms with Gasteiger partial charge in [0.2, 0.25) is 0 Å². The Kier molecular flexibility index (Phi) is 4.04. The van der Waals surface area contributed by atoms with Crippen LogP contribution in [-0.4, -0.2) is 49.6 Å². The van der Waals surface area contributed by atoms with E-state index in [0.717, 1.165) is 11.8 Å². The maximum Gasteiger partial charge on any atom is 0.00219 e. The SMILES string of the molecule is CC1CCN(C[C@@H]2CCCN(C)C2)CC1. The molecule has 2 aliphatic rings. The van der Waals surface area contributed by atoms with E-state index in [4.69, 9.17) is 0 Å². The van der Waals surface area contributed by atoms with Crippen molar-refractivity contribution in [3.8, 4) is 0 Å². The zero-order valence-corrected chi connectivity index (χ0v) is 10.4. The molecule has 1 atom stereocenters. The third-order valence-corrected chi connectivity index (χ3v) is 4.11. The van der Waals surface area contributed by atoms with Crippen molar-refractivity contribution >= 4 is 0 Å². The van der Waals surface area contributed by atoms with Crippen molar-refractivity contribution in [1.82, 2.24) is 9.80 Å². The minimum atomic E-state index is 0.942. The molecule has 2 saturated heterocycles. The first kappa shape index (κ1) is 11.4. The van der Waals surface area contributed by atoms with E-state index in [2.05, 4.69) is 23.8 Å². The summed E-state index contributed by atoms with van der Waals surface area (Å²) in [7, 11) is 2.27. The molecular weight excluding hydrogens is 184 g/mol. The third-order valence-electron chi connectivity index (χ3n) is 4.11. The number of hydrogen-bond acceptors (Lipinski definition) is 2. The van der Waals surface area contributed by atoms with Crippen molar-refractivity contribution in [2.24, 2.45) is 11.8 Å². The highest BCUT2D eigenvalue weighted by atomic mass is 15.2. The van der Waals surface area contributed by atoms with Crippen molar-refractivity contribution in [3.63, 3.8) is 0 Å². The molecule has 0 spiro atoms. The van der Waals surface area contributed by atoms with Gasteiger partial charge >= 0.3 is 0 Å². The van der Waals surface area contributed by atoms with Crippen molar-refractivity contribution in [2.45, 2.75) is 32.6 Å². The average molecular weight is 210 g/mol. The zero-order valence-electron chi connectivity index (χ0n) is 10.4. The van der Waals surface area contributed by atoms with Crippen LogP contribution in [0.2, 0.25) is 0 Å². The first-order chi connectivity index (χ1) is 7.24. The Bertz CT molecular complexity index is 185. The summed E-state index contributed by atoms with van der Waals surface area (Å²) in [5.74, 6) is 1.91. The molecule has 0 aliphatic carbocycles. The topological polar surface area (TPSA) is 6.48 Å². The number of nitrogens with zero attached hydrogens (tertiary/aromatic N) is 2. The van der Waals surface area contributed by atoms with E-state index in [1.165, 1.54) is 58.4 Å². The Morgan fingerprint density at radius 3 is 2.47 bits per heavy atom. The van der Waals surface area contributed by atoms with Crippen molar-refractivity contribution in [1.29, 1.82) is 0 Å². The van der Waals surface area contributed by atoms with Crippen LogP contribution >= 0.6 is 0 Å². The molecule has 0 aromatic rings. The second kappa shape index (κ2) is 5.31. The van der Waals surface area contributed by atoms with Crippen molar-refractivity contribution in [2.75, 3.05) is 39.8 Å². The van der Waals surface area contributed by atoms with Crippen molar-refractivity contribution < 1.29 is 0 Å². The molecule has 0 saturated carbocycles. The van der Waals surface area contributed by atoms with Gasteiger partial charge in [-0.2, -0.15) is 0 Å². The normalized spacial score (nSPS) is 32.0. The predicted molar refractivity (Wildman–Crippen MR) is 65.1 cm³/mol. The summed E-state index contributed by atoms with van der Waals surface area (Å²) in [6.07, 6.45) is 5.70. The summed E-state index contributed by atoms with van der Waals surface area (Å²) in [4.78, 5) is 5.20. The number of piperidine rings is 2. The van der Waals surface area contributed by atoms with Crippen LogP contribution in [0.5, 0.6) is 0 Å². The molecule has 2 aliphatic heterocycles. The second-order valence-electron chi connectivity index (χ2n) is 5.75. The summed E-state index contributed by atoms with van der Waals surface area (Å²) < 4.78 is 0. The number of rotatable bonds is 2. The molecule has 0 aromatic carbocycles. The van der Waals surface area contributed by atoms with Crippen LogP contribution in [0, 0.1) is 11.8 Å². The molecule has 2 heterocycles. The Balaban J connectivity index is 1.71. The van der Waals surface area contributed by atoms with E-state index in [1.54, 1.807) is 0 Å². The molecule has 0 amide bonds. The lowest BCUT2D eigenvalue weighted by atomic mass is 9.94. The van der Waals surface area contributed by atoms with E-state index in [0.29, 0.717) is 0 Å². The average Bonchev–Trinajstić information content (AvgIpc) is 2.22. The minimum absolute atomic E-state index is 0.942. The summed E-state index contributed by atoms with van der Waals surface area (Å²) >= 11 is 0. The number of likely N-dealkylation sites (tertiary alicyclic amines) is 2. The van der Waals surface area contributed by atoms with Gasteiger partial charge in [0.15, 0.2) is 0 Å². The van der Waals surface area contributed by atoms with Gasteiger partial charge in [-0.3, -0.25) is 0 Å². The van der Waals surface area contributed by atoms with E-state index >= 15 is 0 Å². The molecule has 2 rings (SSSR count). The van der Waals surface area contributed by atoms with E-state index in [-0.39, 0.29) is 0 Å². The van der Waals surface area contributed by atoms with E-state index in [9.17, 15) is 0 Å². The monoisotopic (exact) mass is 210 g/mol. The summed E-state index contributed by atoms with van der Waals surface area (Å²) in [6.45, 7) is 9.09. The van der Waals surface area contributed by atoms with Gasteiger partial charge < -0.3 is 9.80 Å². The first-order valence-corrected chi connectivity index (χ1v) is 6.65. The lowest BCUT2D eigenvalue weighted by Gasteiger charge is -2.36. The fraction of sp³-hybridized carbons (Fsp3) is 1.00. The van der Waals surface area contributed by atoms with Crippen LogP contribution in [0.3, 0.4) is 0 Å². The molecule has 88 valence electrons. The second-order valence-corrected chi connectivity index (χ2v) is 5.75. The lowest BCUT2D eigenvalue weighted by molar-refractivity contribution is 0.124. The maximum absolute atomic E-state index is 2.70. The summed E-state index contributed by atoms with van der Waals surface area (Å²) in [5, 5.41) is 0. The highest BCUT2D eigenvalue weighted by Gasteiger charge is 2.22. The fourth-order valence-electron chi connectivity index (χ4n) is 3.03. The molecule has 0 radical (unpaired) electrons. The zero-order chi connectivity index (χ0) is 10.7. The van der Waals surface area contributed by atoms with Gasteiger partial charge in [0.1, 0.15) is 0 Å². The molecular formula is C13H26N2. The summed E-state index contributed by atoms with van der Waals surface area (Å²) in [5.41, 5.74) is 0. The molecule has 0 aromatic heterocycles. The quantitative estimate of drug-likeness (QED) is 0.688. The van der Waals surface area contributed by atoms with Crippen LogP contribution in [0.1, 0.15) is 32.6 Å². The molecule has 2 nitrogen and oxygen atoms in total. The third kappa shape index (κ3) is 3.46. The molecule has 15 heavy (non-hydrogen) atoms. The van der Waals surface area contributed by atoms with Gasteiger partial charge in [-0.25, -0.2) is 0 Å². The van der Waals surface area contributed by atoms with Gasteiger partial charge in [0, 0.05) is 13.1 Å². The van der Waals surface area contributed by atoms with Gasteiger partial charge in [-0.15, -0.1) is 0 Å². The van der Waals surface area contributed by atoms with E-state index < -0.39 is 0 Å².